The quantitative estimate of drug-likeness (QED) is 0.875. The molecule has 0 radical (unpaired) electrons. The van der Waals surface area contributed by atoms with Crippen molar-refractivity contribution in [3.05, 3.63) is 70.2 Å². The Morgan fingerprint density at radius 3 is 2.21 bits per heavy atom. The summed E-state index contributed by atoms with van der Waals surface area (Å²) in [5, 5.41) is 0.775. The van der Waals surface area contributed by atoms with Gasteiger partial charge in [-0.25, -0.2) is 0 Å². The summed E-state index contributed by atoms with van der Waals surface area (Å²) < 4.78 is 0. The molecule has 0 aliphatic heterocycles. The second-order valence-electron chi connectivity index (χ2n) is 4.97. The molecule has 0 fully saturated rings. The third-order valence-corrected chi connectivity index (χ3v) is 3.55. The van der Waals surface area contributed by atoms with Crippen molar-refractivity contribution in [3.8, 4) is 0 Å². The number of hydrogen-bond donors (Lipinski definition) is 1. The first-order valence-corrected chi connectivity index (χ1v) is 7.13. The molecular formula is C17H20ClN. The lowest BCUT2D eigenvalue weighted by atomic mass is 9.99. The molecule has 100 valence electrons. The van der Waals surface area contributed by atoms with E-state index in [1.807, 2.05) is 18.2 Å². The van der Waals surface area contributed by atoms with Crippen LogP contribution < -0.4 is 5.73 Å². The molecule has 0 aliphatic rings. The molecule has 19 heavy (non-hydrogen) atoms. The summed E-state index contributed by atoms with van der Waals surface area (Å²) in [4.78, 5) is 0. The summed E-state index contributed by atoms with van der Waals surface area (Å²) in [6, 6.07) is 16.8. The van der Waals surface area contributed by atoms with Gasteiger partial charge in [-0.05, 0) is 48.1 Å². The first-order chi connectivity index (χ1) is 9.17. The lowest BCUT2D eigenvalue weighted by Gasteiger charge is -2.12. The van der Waals surface area contributed by atoms with E-state index in [1.165, 1.54) is 16.7 Å². The van der Waals surface area contributed by atoms with Crippen LogP contribution in [0.5, 0.6) is 0 Å². The molecule has 0 aliphatic carbocycles. The summed E-state index contributed by atoms with van der Waals surface area (Å²) >= 11 is 5.98. The first kappa shape index (κ1) is 14.1. The van der Waals surface area contributed by atoms with Crippen molar-refractivity contribution < 1.29 is 0 Å². The molecule has 0 aromatic heterocycles. The molecule has 2 N–H and O–H groups in total. The molecule has 0 heterocycles. The highest BCUT2D eigenvalue weighted by Gasteiger charge is 2.06. The molecule has 2 heteroatoms. The predicted octanol–water partition coefficient (Wildman–Crippen LogP) is 4.01. The average molecular weight is 274 g/mol. The first-order valence-electron chi connectivity index (χ1n) is 6.75. The van der Waals surface area contributed by atoms with E-state index >= 15 is 0 Å². The summed E-state index contributed by atoms with van der Waals surface area (Å²) in [6.45, 7) is 2.17. The van der Waals surface area contributed by atoms with Crippen molar-refractivity contribution in [2.45, 2.75) is 32.2 Å². The van der Waals surface area contributed by atoms with Crippen molar-refractivity contribution in [2.75, 3.05) is 0 Å². The minimum Gasteiger partial charge on any atom is -0.327 e. The van der Waals surface area contributed by atoms with Crippen LogP contribution >= 0.6 is 11.6 Å². The highest BCUT2D eigenvalue weighted by molar-refractivity contribution is 6.30. The predicted molar refractivity (Wildman–Crippen MR) is 82.7 cm³/mol. The molecule has 0 amide bonds. The second kappa shape index (κ2) is 6.74. The van der Waals surface area contributed by atoms with Crippen LogP contribution in [0.1, 0.15) is 23.6 Å². The van der Waals surface area contributed by atoms with E-state index in [9.17, 15) is 0 Å². The number of halogens is 1. The molecular weight excluding hydrogens is 254 g/mol. The third-order valence-electron chi connectivity index (χ3n) is 3.32. The molecule has 0 saturated carbocycles. The van der Waals surface area contributed by atoms with E-state index in [0.29, 0.717) is 0 Å². The Morgan fingerprint density at radius 1 is 0.947 bits per heavy atom. The lowest BCUT2D eigenvalue weighted by molar-refractivity contribution is 0.665. The molecule has 1 atom stereocenters. The van der Waals surface area contributed by atoms with Gasteiger partial charge in [-0.3, -0.25) is 0 Å². The van der Waals surface area contributed by atoms with Gasteiger partial charge in [-0.2, -0.15) is 0 Å². The Morgan fingerprint density at radius 2 is 1.58 bits per heavy atom. The zero-order chi connectivity index (χ0) is 13.7. The monoisotopic (exact) mass is 273 g/mol. The molecule has 0 saturated heterocycles. The fourth-order valence-corrected chi connectivity index (χ4v) is 2.47. The smallest absolute Gasteiger partial charge is 0.0408 e. The summed E-state index contributed by atoms with van der Waals surface area (Å²) in [6.07, 6.45) is 2.83. The van der Waals surface area contributed by atoms with Crippen LogP contribution in [0.3, 0.4) is 0 Å². The van der Waals surface area contributed by atoms with E-state index in [2.05, 4.69) is 37.3 Å². The van der Waals surface area contributed by atoms with Gasteiger partial charge in [0.2, 0.25) is 0 Å². The zero-order valence-corrected chi connectivity index (χ0v) is 12.0. The van der Waals surface area contributed by atoms with E-state index in [0.717, 1.165) is 24.3 Å². The minimum atomic E-state index is 0.131. The zero-order valence-electron chi connectivity index (χ0n) is 11.3. The van der Waals surface area contributed by atoms with Gasteiger partial charge < -0.3 is 5.73 Å². The SMILES string of the molecule is CCc1ccc(CC(N)Cc2cccc(Cl)c2)cc1. The molecule has 2 aromatic carbocycles. The number of nitrogens with two attached hydrogens (primary N) is 1. The van der Waals surface area contributed by atoms with Crippen molar-refractivity contribution >= 4 is 11.6 Å². The van der Waals surface area contributed by atoms with Gasteiger partial charge in [-0.15, -0.1) is 0 Å². The van der Waals surface area contributed by atoms with Crippen molar-refractivity contribution in [2.24, 2.45) is 5.73 Å². The van der Waals surface area contributed by atoms with Gasteiger partial charge in [-0.1, -0.05) is 54.9 Å². The highest BCUT2D eigenvalue weighted by atomic mass is 35.5. The van der Waals surface area contributed by atoms with Crippen LogP contribution in [0.2, 0.25) is 5.02 Å². The Hall–Kier alpha value is -1.31. The summed E-state index contributed by atoms with van der Waals surface area (Å²) in [7, 11) is 0. The maximum Gasteiger partial charge on any atom is 0.0408 e. The van der Waals surface area contributed by atoms with Gasteiger partial charge >= 0.3 is 0 Å². The van der Waals surface area contributed by atoms with E-state index in [1.54, 1.807) is 0 Å². The topological polar surface area (TPSA) is 26.0 Å². The van der Waals surface area contributed by atoms with E-state index in [-0.39, 0.29) is 6.04 Å². The maximum atomic E-state index is 6.22. The fourth-order valence-electron chi connectivity index (χ4n) is 2.25. The van der Waals surface area contributed by atoms with Crippen molar-refractivity contribution in [1.82, 2.24) is 0 Å². The Labute approximate surface area is 120 Å². The number of hydrogen-bond acceptors (Lipinski definition) is 1. The average Bonchev–Trinajstić information content (AvgIpc) is 2.39. The number of rotatable bonds is 5. The van der Waals surface area contributed by atoms with Gasteiger partial charge in [0.05, 0.1) is 0 Å². The van der Waals surface area contributed by atoms with Crippen molar-refractivity contribution in [3.63, 3.8) is 0 Å². The van der Waals surface area contributed by atoms with Crippen LogP contribution in [0.15, 0.2) is 48.5 Å². The normalized spacial score (nSPS) is 12.4. The Bertz CT molecular complexity index is 519. The number of aryl methyl sites for hydroxylation is 1. The molecule has 0 bridgehead atoms. The van der Waals surface area contributed by atoms with E-state index in [4.69, 9.17) is 17.3 Å². The van der Waals surface area contributed by atoms with E-state index < -0.39 is 0 Å². The largest absolute Gasteiger partial charge is 0.327 e. The number of benzene rings is 2. The van der Waals surface area contributed by atoms with Gasteiger partial charge in [0.25, 0.3) is 0 Å². The lowest BCUT2D eigenvalue weighted by Crippen LogP contribution is -2.25. The maximum absolute atomic E-state index is 6.22. The van der Waals surface area contributed by atoms with Crippen LogP contribution in [0.25, 0.3) is 0 Å². The Kier molecular flexibility index (Phi) is 5.00. The fraction of sp³-hybridized carbons (Fsp3) is 0.294. The summed E-state index contributed by atoms with van der Waals surface area (Å²) in [5.41, 5.74) is 10.1. The minimum absolute atomic E-state index is 0.131. The van der Waals surface area contributed by atoms with Gasteiger partial charge in [0.1, 0.15) is 0 Å². The van der Waals surface area contributed by atoms with Crippen LogP contribution in [0.4, 0.5) is 0 Å². The van der Waals surface area contributed by atoms with Crippen molar-refractivity contribution in [1.29, 1.82) is 0 Å². The third kappa shape index (κ3) is 4.38. The molecule has 0 spiro atoms. The molecule has 2 aromatic rings. The van der Waals surface area contributed by atoms with Gasteiger partial charge in [0, 0.05) is 11.1 Å². The van der Waals surface area contributed by atoms with Crippen LogP contribution in [-0.2, 0) is 19.3 Å². The molecule has 1 unspecified atom stereocenters. The summed E-state index contributed by atoms with van der Waals surface area (Å²) in [5.74, 6) is 0. The highest BCUT2D eigenvalue weighted by Crippen LogP contribution is 2.14. The van der Waals surface area contributed by atoms with Crippen LogP contribution in [0, 0.1) is 0 Å². The molecule has 1 nitrogen and oxygen atoms in total. The molecule has 2 rings (SSSR count). The second-order valence-corrected chi connectivity index (χ2v) is 5.40. The van der Waals surface area contributed by atoms with Gasteiger partial charge in [0.15, 0.2) is 0 Å². The Balaban J connectivity index is 1.95. The van der Waals surface area contributed by atoms with Crippen LogP contribution in [-0.4, -0.2) is 6.04 Å². The standard InChI is InChI=1S/C17H20ClN/c1-2-13-6-8-14(9-7-13)11-17(19)12-15-4-3-5-16(18)10-15/h3-10,17H,2,11-12,19H2,1H3.